The molecule has 2 aromatic rings. The highest BCUT2D eigenvalue weighted by Crippen LogP contribution is 2.39. The highest BCUT2D eigenvalue weighted by atomic mass is 16.7. The summed E-state index contributed by atoms with van der Waals surface area (Å²) in [6.07, 6.45) is 7.57. The molecule has 0 aromatic heterocycles. The summed E-state index contributed by atoms with van der Waals surface area (Å²) in [5, 5.41) is 9.27. The lowest BCUT2D eigenvalue weighted by molar-refractivity contribution is -0.156. The van der Waals surface area contributed by atoms with E-state index in [1.807, 2.05) is 53.4 Å². The van der Waals surface area contributed by atoms with Crippen LogP contribution in [0.25, 0.3) is 0 Å². The van der Waals surface area contributed by atoms with Gasteiger partial charge in [0.2, 0.25) is 13.1 Å². The number of hydrogen-bond acceptors (Lipinski definition) is 6. The first-order valence-electron chi connectivity index (χ1n) is 12.6. The number of likely N-dealkylation sites (tertiary alicyclic amines) is 1. The van der Waals surface area contributed by atoms with Crippen LogP contribution in [0.2, 0.25) is 0 Å². The minimum atomic E-state index is -0.554. The fourth-order valence-corrected chi connectivity index (χ4v) is 4.82. The lowest BCUT2D eigenvalue weighted by Gasteiger charge is -2.32. The average Bonchev–Trinajstić information content (AvgIpc) is 3.35. The molecule has 1 saturated heterocycles. The fraction of sp³-hybridized carbons (Fsp3) is 0.464. The Morgan fingerprint density at radius 3 is 2.43 bits per heavy atom. The number of amides is 1. The Labute approximate surface area is 206 Å². The van der Waals surface area contributed by atoms with Gasteiger partial charge in [-0.05, 0) is 47.7 Å². The van der Waals surface area contributed by atoms with E-state index in [4.69, 9.17) is 18.9 Å². The van der Waals surface area contributed by atoms with Crippen molar-refractivity contribution in [3.8, 4) is 11.5 Å². The van der Waals surface area contributed by atoms with Gasteiger partial charge in [0.1, 0.15) is 0 Å². The summed E-state index contributed by atoms with van der Waals surface area (Å²) in [6.45, 7) is 2.11. The second-order valence-electron chi connectivity index (χ2n) is 9.38. The van der Waals surface area contributed by atoms with E-state index in [0.29, 0.717) is 18.8 Å². The number of allylic oxidation sites excluding steroid dienone is 1. The largest absolute Gasteiger partial charge is 0.459 e. The molecular formula is C28H33NO6. The summed E-state index contributed by atoms with van der Waals surface area (Å²) < 4.78 is 23.3. The summed E-state index contributed by atoms with van der Waals surface area (Å²) in [5.74, 6) is 1.72. The smallest absolute Gasteiger partial charge is 0.288 e. The molecule has 186 valence electrons. The van der Waals surface area contributed by atoms with E-state index < -0.39 is 6.29 Å². The fourth-order valence-electron chi connectivity index (χ4n) is 4.82. The quantitative estimate of drug-likeness (QED) is 0.651. The third kappa shape index (κ3) is 5.80. The summed E-state index contributed by atoms with van der Waals surface area (Å²) in [4.78, 5) is 15.4. The van der Waals surface area contributed by atoms with Crippen LogP contribution in [-0.2, 0) is 27.5 Å². The van der Waals surface area contributed by atoms with E-state index >= 15 is 0 Å². The number of ether oxygens (including phenoxy) is 4. The predicted molar refractivity (Wildman–Crippen MR) is 130 cm³/mol. The summed E-state index contributed by atoms with van der Waals surface area (Å²) >= 11 is 0. The van der Waals surface area contributed by atoms with Crippen molar-refractivity contribution in [3.63, 3.8) is 0 Å². The van der Waals surface area contributed by atoms with Crippen LogP contribution in [-0.4, -0.2) is 42.1 Å². The number of carbonyl (C=O) groups is 1. The Hall–Kier alpha value is -3.03. The van der Waals surface area contributed by atoms with Gasteiger partial charge in [-0.2, -0.15) is 0 Å². The van der Waals surface area contributed by atoms with E-state index in [0.717, 1.165) is 67.0 Å². The van der Waals surface area contributed by atoms with E-state index in [-0.39, 0.29) is 25.2 Å². The maximum absolute atomic E-state index is 13.5. The molecule has 35 heavy (non-hydrogen) atoms. The molecule has 3 heterocycles. The third-order valence-corrected chi connectivity index (χ3v) is 6.88. The molecule has 1 amide bonds. The molecule has 0 bridgehead atoms. The van der Waals surface area contributed by atoms with Crippen molar-refractivity contribution in [1.29, 1.82) is 0 Å². The minimum Gasteiger partial charge on any atom is -0.459 e. The van der Waals surface area contributed by atoms with Crippen molar-refractivity contribution in [2.45, 2.75) is 63.9 Å². The Balaban J connectivity index is 1.34. The van der Waals surface area contributed by atoms with Crippen LogP contribution in [0.15, 0.2) is 54.3 Å². The molecule has 7 nitrogen and oxygen atoms in total. The highest BCUT2D eigenvalue weighted by molar-refractivity contribution is 5.91. The van der Waals surface area contributed by atoms with Gasteiger partial charge >= 0.3 is 0 Å². The van der Waals surface area contributed by atoms with Crippen molar-refractivity contribution < 1.29 is 28.8 Å². The number of benzene rings is 2. The topological polar surface area (TPSA) is 77.5 Å². The van der Waals surface area contributed by atoms with Crippen LogP contribution in [0.1, 0.15) is 61.1 Å². The number of hydrogen-bond donors (Lipinski definition) is 1. The Morgan fingerprint density at radius 2 is 1.66 bits per heavy atom. The number of fused-ring (bicyclic) bond motifs is 1. The normalized spacial score (nSPS) is 22.1. The van der Waals surface area contributed by atoms with Crippen molar-refractivity contribution in [2.24, 2.45) is 0 Å². The lowest BCUT2D eigenvalue weighted by atomic mass is 9.92. The highest BCUT2D eigenvalue weighted by Gasteiger charge is 2.32. The predicted octanol–water partition coefficient (Wildman–Crippen LogP) is 4.63. The number of carbonyl (C=O) groups excluding carboxylic acids is 1. The molecule has 5 rings (SSSR count). The number of aliphatic hydroxyl groups is 1. The molecule has 0 unspecified atom stereocenters. The summed E-state index contributed by atoms with van der Waals surface area (Å²) in [7, 11) is 0. The zero-order chi connectivity index (χ0) is 24.0. The number of rotatable bonds is 6. The third-order valence-electron chi connectivity index (χ3n) is 6.88. The van der Waals surface area contributed by atoms with Crippen LogP contribution in [0.4, 0.5) is 0 Å². The average molecular weight is 480 g/mol. The summed E-state index contributed by atoms with van der Waals surface area (Å²) in [6, 6.07) is 13.6. The molecule has 3 aliphatic rings. The van der Waals surface area contributed by atoms with E-state index in [1.54, 1.807) is 0 Å². The van der Waals surface area contributed by atoms with Crippen LogP contribution in [0.3, 0.4) is 0 Å². The lowest BCUT2D eigenvalue weighted by Crippen LogP contribution is -2.38. The van der Waals surface area contributed by atoms with Gasteiger partial charge in [-0.25, -0.2) is 0 Å². The molecule has 0 saturated carbocycles. The molecule has 3 aliphatic heterocycles. The molecule has 2 atom stereocenters. The van der Waals surface area contributed by atoms with Gasteiger partial charge in [-0.1, -0.05) is 49.6 Å². The zero-order valence-electron chi connectivity index (χ0n) is 20.0. The van der Waals surface area contributed by atoms with Crippen molar-refractivity contribution in [1.82, 2.24) is 4.90 Å². The van der Waals surface area contributed by atoms with Crippen molar-refractivity contribution in [3.05, 3.63) is 71.0 Å². The first-order chi connectivity index (χ1) is 17.2. The maximum Gasteiger partial charge on any atom is 0.288 e. The molecule has 7 heteroatoms. The van der Waals surface area contributed by atoms with E-state index in [2.05, 4.69) is 0 Å². The standard InChI is InChI=1S/C28H33NO6/c30-17-20-6-8-21(9-7-20)18-32-27-16-23(22-10-11-24-25(14-22)34-19-33-24)15-26(35-27)28(31)29-12-4-2-1-3-5-13-29/h6-11,14-15,23,27,30H,1-5,12-13,16-19H2/t23-,27+/m0/s1. The summed E-state index contributed by atoms with van der Waals surface area (Å²) in [5.41, 5.74) is 2.88. The molecule has 0 radical (unpaired) electrons. The van der Waals surface area contributed by atoms with Gasteiger partial charge < -0.3 is 29.0 Å². The molecule has 2 aromatic carbocycles. The Morgan fingerprint density at radius 1 is 0.943 bits per heavy atom. The number of nitrogens with zero attached hydrogens (tertiary/aromatic N) is 1. The zero-order valence-corrected chi connectivity index (χ0v) is 20.0. The van der Waals surface area contributed by atoms with Crippen LogP contribution >= 0.6 is 0 Å². The van der Waals surface area contributed by atoms with Gasteiger partial charge in [-0.3, -0.25) is 4.79 Å². The molecule has 1 fully saturated rings. The molecule has 0 spiro atoms. The minimum absolute atomic E-state index is 0.0108. The first-order valence-corrected chi connectivity index (χ1v) is 12.6. The SMILES string of the molecule is O=C(C1=C[C@H](c2ccc3c(c2)OCO3)C[C@H](OCc2ccc(CO)cc2)O1)N1CCCCCCC1. The van der Waals surface area contributed by atoms with Gasteiger partial charge in [0.25, 0.3) is 5.91 Å². The van der Waals surface area contributed by atoms with Crippen LogP contribution < -0.4 is 9.47 Å². The van der Waals surface area contributed by atoms with Gasteiger partial charge in [0, 0.05) is 25.4 Å². The maximum atomic E-state index is 13.5. The van der Waals surface area contributed by atoms with Gasteiger partial charge in [0.15, 0.2) is 17.3 Å². The number of aliphatic hydroxyl groups excluding tert-OH is 1. The molecule has 0 aliphatic carbocycles. The monoisotopic (exact) mass is 479 g/mol. The Kier molecular flexibility index (Phi) is 7.54. The van der Waals surface area contributed by atoms with E-state index in [9.17, 15) is 9.90 Å². The van der Waals surface area contributed by atoms with Crippen molar-refractivity contribution >= 4 is 5.91 Å². The second-order valence-corrected chi connectivity index (χ2v) is 9.38. The van der Waals surface area contributed by atoms with Crippen molar-refractivity contribution in [2.75, 3.05) is 19.9 Å². The van der Waals surface area contributed by atoms with Crippen LogP contribution in [0.5, 0.6) is 11.5 Å². The molecular weight excluding hydrogens is 446 g/mol. The van der Waals surface area contributed by atoms with E-state index in [1.165, 1.54) is 6.42 Å². The first kappa shape index (κ1) is 23.7. The van der Waals surface area contributed by atoms with Gasteiger partial charge in [0.05, 0.1) is 13.2 Å². The van der Waals surface area contributed by atoms with Crippen LogP contribution in [0, 0.1) is 0 Å². The Bertz CT molecular complexity index is 1040. The second kappa shape index (κ2) is 11.1. The molecule has 1 N–H and O–H groups in total. The van der Waals surface area contributed by atoms with Gasteiger partial charge in [-0.15, -0.1) is 0 Å².